The number of carbonyl (C=O) groups excluding carboxylic acids is 1. The Labute approximate surface area is 129 Å². The van der Waals surface area contributed by atoms with Crippen molar-refractivity contribution in [1.82, 2.24) is 10.6 Å². The Morgan fingerprint density at radius 2 is 1.57 bits per heavy atom. The topological polar surface area (TPSA) is 41.1 Å². The van der Waals surface area contributed by atoms with Gasteiger partial charge in [-0.05, 0) is 89.4 Å². The Bertz CT molecular complexity index is 375. The molecule has 4 aliphatic rings. The highest BCUT2D eigenvalue weighted by atomic mass is 16.2. The van der Waals surface area contributed by atoms with E-state index >= 15 is 0 Å². The molecule has 4 rings (SSSR count). The van der Waals surface area contributed by atoms with Gasteiger partial charge in [0.1, 0.15) is 0 Å². The molecule has 1 unspecified atom stereocenters. The van der Waals surface area contributed by atoms with Crippen LogP contribution in [0.5, 0.6) is 0 Å². The highest BCUT2D eigenvalue weighted by Gasteiger charge is 2.53. The maximum atomic E-state index is 12.2. The number of carbonyl (C=O) groups is 1. The van der Waals surface area contributed by atoms with E-state index in [0.29, 0.717) is 18.0 Å². The number of amides is 1. The number of hydrogen-bond acceptors (Lipinski definition) is 2. The van der Waals surface area contributed by atoms with Crippen molar-refractivity contribution in [2.75, 3.05) is 6.54 Å². The lowest BCUT2D eigenvalue weighted by molar-refractivity contribution is -0.125. The van der Waals surface area contributed by atoms with Gasteiger partial charge in [-0.2, -0.15) is 0 Å². The lowest BCUT2D eigenvalue weighted by atomic mass is 9.48. The molecule has 0 spiro atoms. The summed E-state index contributed by atoms with van der Waals surface area (Å²) in [6.07, 6.45) is 8.45. The molecule has 21 heavy (non-hydrogen) atoms. The number of nitrogens with one attached hydrogen (secondary N) is 2. The standard InChI is InChI=1S/C18H32N2O/c1-12(20-16(21)11-19-17(2,3)4)18-8-13-5-14(9-18)7-15(6-13)10-18/h12-15,19H,5-11H2,1-4H3,(H,20,21). The van der Waals surface area contributed by atoms with Gasteiger partial charge in [0, 0.05) is 11.6 Å². The summed E-state index contributed by atoms with van der Waals surface area (Å²) in [4.78, 5) is 12.2. The van der Waals surface area contributed by atoms with Gasteiger partial charge >= 0.3 is 0 Å². The second kappa shape index (κ2) is 5.26. The minimum atomic E-state index is 0.00125. The van der Waals surface area contributed by atoms with Gasteiger partial charge in [0.25, 0.3) is 0 Å². The van der Waals surface area contributed by atoms with Crippen molar-refractivity contribution in [3.63, 3.8) is 0 Å². The van der Waals surface area contributed by atoms with Gasteiger partial charge in [-0.3, -0.25) is 4.79 Å². The zero-order valence-corrected chi connectivity index (χ0v) is 14.2. The van der Waals surface area contributed by atoms with E-state index < -0.39 is 0 Å². The highest BCUT2D eigenvalue weighted by Crippen LogP contribution is 2.61. The van der Waals surface area contributed by atoms with E-state index in [2.05, 4.69) is 38.3 Å². The van der Waals surface area contributed by atoms with Gasteiger partial charge in [-0.15, -0.1) is 0 Å². The molecule has 2 N–H and O–H groups in total. The molecular formula is C18H32N2O. The quantitative estimate of drug-likeness (QED) is 0.836. The summed E-state index contributed by atoms with van der Waals surface area (Å²) in [7, 11) is 0. The van der Waals surface area contributed by atoms with Crippen LogP contribution < -0.4 is 10.6 Å². The van der Waals surface area contributed by atoms with Crippen LogP contribution in [0.25, 0.3) is 0 Å². The minimum Gasteiger partial charge on any atom is -0.352 e. The fraction of sp³-hybridized carbons (Fsp3) is 0.944. The van der Waals surface area contributed by atoms with Crippen LogP contribution in [0, 0.1) is 23.2 Å². The van der Waals surface area contributed by atoms with Gasteiger partial charge < -0.3 is 10.6 Å². The first kappa shape index (κ1) is 15.3. The molecule has 0 aliphatic heterocycles. The monoisotopic (exact) mass is 292 g/mol. The van der Waals surface area contributed by atoms with Gasteiger partial charge in [0.15, 0.2) is 0 Å². The van der Waals surface area contributed by atoms with Gasteiger partial charge in [-0.1, -0.05) is 0 Å². The summed E-state index contributed by atoms with van der Waals surface area (Å²) in [6.45, 7) is 8.98. The third kappa shape index (κ3) is 3.28. The van der Waals surface area contributed by atoms with Crippen LogP contribution >= 0.6 is 0 Å². The number of rotatable bonds is 4. The second-order valence-electron chi connectivity index (χ2n) is 9.17. The van der Waals surface area contributed by atoms with Crippen LogP contribution in [-0.2, 0) is 4.79 Å². The normalized spacial score (nSPS) is 39.3. The first-order chi connectivity index (χ1) is 9.76. The van der Waals surface area contributed by atoms with E-state index in [1.54, 1.807) is 0 Å². The van der Waals surface area contributed by atoms with E-state index in [9.17, 15) is 4.79 Å². The lowest BCUT2D eigenvalue weighted by Crippen LogP contribution is -2.57. The van der Waals surface area contributed by atoms with Crippen LogP contribution in [-0.4, -0.2) is 24.0 Å². The predicted octanol–water partition coefficient (Wildman–Crippen LogP) is 3.10. The summed E-state index contributed by atoms with van der Waals surface area (Å²) >= 11 is 0. The molecule has 4 saturated carbocycles. The van der Waals surface area contributed by atoms with Crippen molar-refractivity contribution in [3.05, 3.63) is 0 Å². The van der Waals surface area contributed by atoms with Crippen molar-refractivity contribution in [3.8, 4) is 0 Å². The average molecular weight is 292 g/mol. The molecule has 0 heterocycles. The molecule has 0 aromatic carbocycles. The van der Waals surface area contributed by atoms with E-state index in [-0.39, 0.29) is 11.4 Å². The van der Waals surface area contributed by atoms with Crippen LogP contribution in [0.3, 0.4) is 0 Å². The van der Waals surface area contributed by atoms with E-state index in [4.69, 9.17) is 0 Å². The fourth-order valence-electron chi connectivity index (χ4n) is 5.50. The van der Waals surface area contributed by atoms with E-state index in [1.807, 2.05) is 0 Å². The molecule has 4 aliphatic carbocycles. The lowest BCUT2D eigenvalue weighted by Gasteiger charge is -2.59. The van der Waals surface area contributed by atoms with Gasteiger partial charge in [0.2, 0.25) is 5.91 Å². The first-order valence-corrected chi connectivity index (χ1v) is 8.80. The summed E-state index contributed by atoms with van der Waals surface area (Å²) in [5.41, 5.74) is 0.410. The third-order valence-electron chi connectivity index (χ3n) is 6.16. The van der Waals surface area contributed by atoms with Gasteiger partial charge in [-0.25, -0.2) is 0 Å². The van der Waals surface area contributed by atoms with Crippen LogP contribution in [0.15, 0.2) is 0 Å². The minimum absolute atomic E-state index is 0.00125. The Morgan fingerprint density at radius 1 is 1.10 bits per heavy atom. The fourth-order valence-corrected chi connectivity index (χ4v) is 5.50. The maximum absolute atomic E-state index is 12.2. The smallest absolute Gasteiger partial charge is 0.234 e. The molecule has 3 nitrogen and oxygen atoms in total. The molecule has 0 radical (unpaired) electrons. The molecule has 4 fully saturated rings. The Balaban J connectivity index is 1.58. The first-order valence-electron chi connectivity index (χ1n) is 8.80. The van der Waals surface area contributed by atoms with Crippen LogP contribution in [0.2, 0.25) is 0 Å². The second-order valence-corrected chi connectivity index (χ2v) is 9.17. The number of hydrogen-bond donors (Lipinski definition) is 2. The predicted molar refractivity (Wildman–Crippen MR) is 86.0 cm³/mol. The Hall–Kier alpha value is -0.570. The third-order valence-corrected chi connectivity index (χ3v) is 6.16. The van der Waals surface area contributed by atoms with Gasteiger partial charge in [0.05, 0.1) is 6.54 Å². The Kier molecular flexibility index (Phi) is 3.84. The summed E-state index contributed by atoms with van der Waals surface area (Å²) in [5.74, 6) is 3.00. The molecule has 0 saturated heterocycles. The molecular weight excluding hydrogens is 260 g/mol. The van der Waals surface area contributed by atoms with E-state index in [1.165, 1.54) is 38.5 Å². The molecule has 3 heteroatoms. The zero-order valence-electron chi connectivity index (χ0n) is 14.2. The summed E-state index contributed by atoms with van der Waals surface area (Å²) in [5, 5.41) is 6.60. The van der Waals surface area contributed by atoms with E-state index in [0.717, 1.165) is 17.8 Å². The van der Waals surface area contributed by atoms with Crippen molar-refractivity contribution >= 4 is 5.91 Å². The molecule has 0 aromatic rings. The van der Waals surface area contributed by atoms with Crippen molar-refractivity contribution < 1.29 is 4.79 Å². The maximum Gasteiger partial charge on any atom is 0.234 e. The van der Waals surface area contributed by atoms with Crippen LogP contribution in [0.1, 0.15) is 66.2 Å². The highest BCUT2D eigenvalue weighted by molar-refractivity contribution is 5.78. The SMILES string of the molecule is CC(NC(=O)CNC(C)(C)C)C12CC3CC(CC(C3)C1)C2. The van der Waals surface area contributed by atoms with Crippen LogP contribution in [0.4, 0.5) is 0 Å². The van der Waals surface area contributed by atoms with Crippen molar-refractivity contribution in [2.24, 2.45) is 23.2 Å². The molecule has 1 amide bonds. The zero-order chi connectivity index (χ0) is 15.3. The Morgan fingerprint density at radius 3 is 2.00 bits per heavy atom. The molecule has 0 aromatic heterocycles. The summed E-state index contributed by atoms with van der Waals surface area (Å²) in [6, 6.07) is 0.333. The molecule has 4 bridgehead atoms. The average Bonchev–Trinajstić information content (AvgIpc) is 2.34. The molecule has 120 valence electrons. The van der Waals surface area contributed by atoms with Crippen molar-refractivity contribution in [1.29, 1.82) is 0 Å². The van der Waals surface area contributed by atoms with Crippen molar-refractivity contribution in [2.45, 2.75) is 77.8 Å². The summed E-state index contributed by atoms with van der Waals surface area (Å²) < 4.78 is 0. The largest absolute Gasteiger partial charge is 0.352 e. The molecule has 1 atom stereocenters.